The lowest BCUT2D eigenvalue weighted by molar-refractivity contribution is 0.414. The van der Waals surface area contributed by atoms with Crippen LogP contribution in [0.1, 0.15) is 11.1 Å². The zero-order valence-electron chi connectivity index (χ0n) is 10.7. The maximum atomic E-state index is 5.95. The summed E-state index contributed by atoms with van der Waals surface area (Å²) in [5.74, 6) is 0.869. The Morgan fingerprint density at radius 2 is 1.83 bits per heavy atom. The predicted molar refractivity (Wildman–Crippen MR) is 75.9 cm³/mol. The van der Waals surface area contributed by atoms with E-state index >= 15 is 0 Å². The summed E-state index contributed by atoms with van der Waals surface area (Å²) < 4.78 is 5.12. The predicted octanol–water partition coefficient (Wildman–Crippen LogP) is 3.20. The summed E-state index contributed by atoms with van der Waals surface area (Å²) in [7, 11) is 1.67. The van der Waals surface area contributed by atoms with Gasteiger partial charge in [-0.2, -0.15) is 0 Å². The van der Waals surface area contributed by atoms with Crippen LogP contribution in [-0.4, -0.2) is 7.11 Å². The van der Waals surface area contributed by atoms with Crippen molar-refractivity contribution in [2.75, 3.05) is 18.2 Å². The van der Waals surface area contributed by atoms with E-state index in [0.29, 0.717) is 0 Å². The van der Waals surface area contributed by atoms with Crippen molar-refractivity contribution in [2.24, 2.45) is 0 Å². The number of nitrogen functional groups attached to an aromatic ring is 1. The van der Waals surface area contributed by atoms with E-state index in [1.165, 1.54) is 11.1 Å². The summed E-state index contributed by atoms with van der Waals surface area (Å²) in [6.07, 6.45) is 0. The van der Waals surface area contributed by atoms with E-state index in [4.69, 9.17) is 10.5 Å². The van der Waals surface area contributed by atoms with Crippen molar-refractivity contribution in [2.45, 2.75) is 13.5 Å². The van der Waals surface area contributed by atoms with Gasteiger partial charge in [-0.15, -0.1) is 0 Å². The summed E-state index contributed by atoms with van der Waals surface area (Å²) in [6, 6.07) is 14.0. The van der Waals surface area contributed by atoms with Crippen LogP contribution in [0.2, 0.25) is 0 Å². The Hall–Kier alpha value is -2.16. The fraction of sp³-hybridized carbons (Fsp3) is 0.200. The molecule has 3 N–H and O–H groups in total. The fourth-order valence-corrected chi connectivity index (χ4v) is 1.78. The summed E-state index contributed by atoms with van der Waals surface area (Å²) >= 11 is 0. The van der Waals surface area contributed by atoms with Gasteiger partial charge in [-0.05, 0) is 42.3 Å². The van der Waals surface area contributed by atoms with E-state index in [9.17, 15) is 0 Å². The third-order valence-electron chi connectivity index (χ3n) is 2.85. The number of benzene rings is 2. The average Bonchev–Trinajstić information content (AvgIpc) is 2.38. The molecule has 2 aromatic rings. The van der Waals surface area contributed by atoms with Gasteiger partial charge in [0.05, 0.1) is 18.5 Å². The summed E-state index contributed by atoms with van der Waals surface area (Å²) in [6.45, 7) is 2.78. The minimum Gasteiger partial charge on any atom is -0.497 e. The van der Waals surface area contributed by atoms with Gasteiger partial charge in [-0.3, -0.25) is 0 Å². The Morgan fingerprint density at radius 3 is 2.44 bits per heavy atom. The van der Waals surface area contributed by atoms with Gasteiger partial charge in [0.2, 0.25) is 0 Å². The molecular weight excluding hydrogens is 224 g/mol. The molecule has 0 amide bonds. The summed E-state index contributed by atoms with van der Waals surface area (Å²) in [5.41, 5.74) is 10.1. The van der Waals surface area contributed by atoms with E-state index in [1.807, 2.05) is 49.4 Å². The number of methoxy groups -OCH3 is 1. The lowest BCUT2D eigenvalue weighted by atomic mass is 10.1. The minimum absolute atomic E-state index is 0.747. The van der Waals surface area contributed by atoms with Crippen molar-refractivity contribution < 1.29 is 4.74 Å². The quantitative estimate of drug-likeness (QED) is 0.809. The second kappa shape index (κ2) is 5.45. The molecule has 0 aliphatic heterocycles. The van der Waals surface area contributed by atoms with E-state index in [2.05, 4.69) is 5.32 Å². The molecule has 0 aliphatic carbocycles. The molecular formula is C15H18N2O. The molecule has 0 unspecified atom stereocenters. The standard InChI is InChI=1S/C15H18N2O/c1-11-3-8-15(14(16)9-11)17-10-12-4-6-13(18-2)7-5-12/h3-9,17H,10,16H2,1-2H3. The molecule has 0 saturated carbocycles. The number of aryl methyl sites for hydroxylation is 1. The number of rotatable bonds is 4. The monoisotopic (exact) mass is 242 g/mol. The normalized spacial score (nSPS) is 10.1. The van der Waals surface area contributed by atoms with Crippen LogP contribution in [0.4, 0.5) is 11.4 Å². The Labute approximate surface area is 108 Å². The van der Waals surface area contributed by atoms with Crippen LogP contribution in [0.15, 0.2) is 42.5 Å². The van der Waals surface area contributed by atoms with Crippen molar-refractivity contribution in [3.05, 3.63) is 53.6 Å². The van der Waals surface area contributed by atoms with Gasteiger partial charge in [0, 0.05) is 6.54 Å². The first kappa shape index (κ1) is 12.3. The Kier molecular flexibility index (Phi) is 3.72. The largest absolute Gasteiger partial charge is 0.497 e. The van der Waals surface area contributed by atoms with Crippen LogP contribution in [-0.2, 0) is 6.54 Å². The lowest BCUT2D eigenvalue weighted by Crippen LogP contribution is -2.02. The van der Waals surface area contributed by atoms with Gasteiger partial charge in [0.15, 0.2) is 0 Å². The van der Waals surface area contributed by atoms with Crippen LogP contribution in [0.25, 0.3) is 0 Å². The van der Waals surface area contributed by atoms with Crippen molar-refractivity contribution in [3.8, 4) is 5.75 Å². The molecule has 0 aliphatic rings. The molecule has 0 aromatic heterocycles. The summed E-state index contributed by atoms with van der Waals surface area (Å²) in [5, 5.41) is 3.33. The molecule has 0 saturated heterocycles. The van der Waals surface area contributed by atoms with E-state index < -0.39 is 0 Å². The molecule has 0 spiro atoms. The first-order chi connectivity index (χ1) is 8.69. The van der Waals surface area contributed by atoms with Gasteiger partial charge >= 0.3 is 0 Å². The third kappa shape index (κ3) is 2.94. The topological polar surface area (TPSA) is 47.3 Å². The van der Waals surface area contributed by atoms with Gasteiger partial charge < -0.3 is 15.8 Å². The SMILES string of the molecule is COc1ccc(CNc2ccc(C)cc2N)cc1. The number of hydrogen-bond donors (Lipinski definition) is 2. The third-order valence-corrected chi connectivity index (χ3v) is 2.85. The average molecular weight is 242 g/mol. The lowest BCUT2D eigenvalue weighted by Gasteiger charge is -2.10. The minimum atomic E-state index is 0.747. The van der Waals surface area contributed by atoms with Crippen LogP contribution < -0.4 is 15.8 Å². The van der Waals surface area contributed by atoms with Crippen LogP contribution in [0.3, 0.4) is 0 Å². The Balaban J connectivity index is 2.02. The first-order valence-corrected chi connectivity index (χ1v) is 5.92. The molecule has 3 heteroatoms. The highest BCUT2D eigenvalue weighted by Crippen LogP contribution is 2.20. The number of nitrogens with one attached hydrogen (secondary N) is 1. The fourth-order valence-electron chi connectivity index (χ4n) is 1.78. The van der Waals surface area contributed by atoms with Crippen molar-refractivity contribution >= 4 is 11.4 Å². The van der Waals surface area contributed by atoms with E-state index in [1.54, 1.807) is 7.11 Å². The van der Waals surface area contributed by atoms with Crippen LogP contribution >= 0.6 is 0 Å². The van der Waals surface area contributed by atoms with Gasteiger partial charge in [0.25, 0.3) is 0 Å². The van der Waals surface area contributed by atoms with Crippen molar-refractivity contribution in [1.29, 1.82) is 0 Å². The molecule has 0 heterocycles. The first-order valence-electron chi connectivity index (χ1n) is 5.92. The van der Waals surface area contributed by atoms with Gasteiger partial charge in [-0.25, -0.2) is 0 Å². The molecule has 3 nitrogen and oxygen atoms in total. The van der Waals surface area contributed by atoms with Gasteiger partial charge in [-0.1, -0.05) is 18.2 Å². The highest BCUT2D eigenvalue weighted by atomic mass is 16.5. The zero-order chi connectivity index (χ0) is 13.0. The zero-order valence-corrected chi connectivity index (χ0v) is 10.7. The Bertz CT molecular complexity index is 521. The maximum absolute atomic E-state index is 5.95. The smallest absolute Gasteiger partial charge is 0.118 e. The second-order valence-corrected chi connectivity index (χ2v) is 4.29. The number of nitrogens with two attached hydrogens (primary N) is 1. The van der Waals surface area contributed by atoms with E-state index in [0.717, 1.165) is 23.7 Å². The molecule has 0 radical (unpaired) electrons. The molecule has 0 atom stereocenters. The highest BCUT2D eigenvalue weighted by molar-refractivity contribution is 5.66. The molecule has 2 rings (SSSR count). The van der Waals surface area contributed by atoms with E-state index in [-0.39, 0.29) is 0 Å². The molecule has 18 heavy (non-hydrogen) atoms. The second-order valence-electron chi connectivity index (χ2n) is 4.29. The number of anilines is 2. The van der Waals surface area contributed by atoms with Crippen LogP contribution in [0.5, 0.6) is 5.75 Å². The number of hydrogen-bond acceptors (Lipinski definition) is 3. The molecule has 0 fully saturated rings. The maximum Gasteiger partial charge on any atom is 0.118 e. The van der Waals surface area contributed by atoms with Crippen LogP contribution in [0, 0.1) is 6.92 Å². The number of ether oxygens (including phenoxy) is 1. The van der Waals surface area contributed by atoms with Gasteiger partial charge in [0.1, 0.15) is 5.75 Å². The van der Waals surface area contributed by atoms with Crippen molar-refractivity contribution in [1.82, 2.24) is 0 Å². The molecule has 0 bridgehead atoms. The summed E-state index contributed by atoms with van der Waals surface area (Å²) in [4.78, 5) is 0. The van der Waals surface area contributed by atoms with Crippen molar-refractivity contribution in [3.63, 3.8) is 0 Å². The molecule has 2 aromatic carbocycles. The highest BCUT2D eigenvalue weighted by Gasteiger charge is 1.99. The Morgan fingerprint density at radius 1 is 1.11 bits per heavy atom. The molecule has 94 valence electrons.